The molecule has 0 bridgehead atoms. The summed E-state index contributed by atoms with van der Waals surface area (Å²) >= 11 is 12.1. The van der Waals surface area contributed by atoms with E-state index in [2.05, 4.69) is 20.5 Å². The molecule has 0 spiro atoms. The number of benzene rings is 1. The van der Waals surface area contributed by atoms with Crippen LogP contribution >= 0.6 is 60.4 Å². The molecule has 0 radical (unpaired) electrons. The second kappa shape index (κ2) is 15.4. The van der Waals surface area contributed by atoms with Crippen molar-refractivity contribution >= 4 is 89.0 Å². The minimum atomic E-state index is 0. The third kappa shape index (κ3) is 8.05. The van der Waals surface area contributed by atoms with Crippen LogP contribution in [0.15, 0.2) is 24.5 Å². The zero-order chi connectivity index (χ0) is 24.2. The van der Waals surface area contributed by atoms with Crippen LogP contribution in [0.2, 0.25) is 10.0 Å². The van der Waals surface area contributed by atoms with E-state index >= 15 is 0 Å². The summed E-state index contributed by atoms with van der Waals surface area (Å²) in [6, 6.07) is 6.72. The molecule has 212 valence electrons. The fourth-order valence-electron chi connectivity index (χ4n) is 5.13. The Morgan fingerprint density at radius 1 is 0.895 bits per heavy atom. The van der Waals surface area contributed by atoms with Gasteiger partial charge in [0.15, 0.2) is 17.0 Å². The summed E-state index contributed by atoms with van der Waals surface area (Å²) in [5, 5.41) is 11.6. The Morgan fingerprint density at radius 2 is 1.61 bits per heavy atom. The number of nitrogens with one attached hydrogen (secondary N) is 3. The first kappa shape index (κ1) is 32.8. The van der Waals surface area contributed by atoms with Crippen LogP contribution in [0.5, 0.6) is 0 Å². The molecular weight excluding hydrogens is 590 g/mol. The van der Waals surface area contributed by atoms with Gasteiger partial charge in [0.05, 0.1) is 16.4 Å². The minimum Gasteiger partial charge on any atom is -0.385 e. The van der Waals surface area contributed by atoms with Crippen LogP contribution in [-0.4, -0.2) is 44.7 Å². The molecule has 38 heavy (non-hydrogen) atoms. The molecule has 2 fully saturated rings. The average molecular weight is 627 g/mol. The molecule has 2 aliphatic carbocycles. The molecule has 0 unspecified atom stereocenters. The lowest BCUT2D eigenvalue weighted by atomic mass is 9.92. The summed E-state index contributed by atoms with van der Waals surface area (Å²) in [6.07, 6.45) is 11.9. The molecule has 3 aromatic rings. The molecule has 8 nitrogen and oxygen atoms in total. The van der Waals surface area contributed by atoms with Gasteiger partial charge in [0.1, 0.15) is 0 Å². The molecule has 5 rings (SSSR count). The first-order chi connectivity index (χ1) is 17.1. The standard InChI is InChI=1S/C25H34Cl2N8.3ClH/c26-20-11-10-18(14-21(20)27)29-12-3-13-30-23-22-24(35(15-31-22)19-4-1-2-5-19)34-25(33-23)32-17-8-6-16(28)7-9-17;;;/h10-11,14-17,19,29H,1-9,12-13,28H2,(H2,30,32,33,34);3*1H/t16-,17-;;;. The third-order valence-corrected chi connectivity index (χ3v) is 7.88. The van der Waals surface area contributed by atoms with Gasteiger partial charge in [-0.1, -0.05) is 36.0 Å². The van der Waals surface area contributed by atoms with E-state index in [1.807, 2.05) is 18.5 Å². The summed E-state index contributed by atoms with van der Waals surface area (Å²) in [5.41, 5.74) is 8.81. The molecule has 2 saturated carbocycles. The van der Waals surface area contributed by atoms with Gasteiger partial charge >= 0.3 is 0 Å². The number of fused-ring (bicyclic) bond motifs is 1. The molecule has 2 aromatic heterocycles. The molecule has 2 heterocycles. The van der Waals surface area contributed by atoms with Gasteiger partial charge in [0.25, 0.3) is 0 Å². The number of nitrogens with two attached hydrogens (primary N) is 1. The molecule has 13 heteroatoms. The van der Waals surface area contributed by atoms with Crippen molar-refractivity contribution in [2.45, 2.75) is 75.9 Å². The van der Waals surface area contributed by atoms with E-state index in [1.54, 1.807) is 6.07 Å². The maximum atomic E-state index is 6.11. The predicted molar refractivity (Wildman–Crippen MR) is 166 cm³/mol. The predicted octanol–water partition coefficient (Wildman–Crippen LogP) is 7.11. The molecular formula is C25H37Cl5N8. The van der Waals surface area contributed by atoms with E-state index in [1.165, 1.54) is 25.7 Å². The SMILES string of the molecule is Cl.Cl.Cl.N[C@H]1CC[C@H](Nc2nc(NCCCNc3ccc(Cl)c(Cl)c3)c3ncn(C4CCCC4)c3n2)CC1. The van der Waals surface area contributed by atoms with Crippen LogP contribution in [0, 0.1) is 0 Å². The van der Waals surface area contributed by atoms with Crippen molar-refractivity contribution in [3.05, 3.63) is 34.6 Å². The Morgan fingerprint density at radius 3 is 2.32 bits per heavy atom. The number of aromatic nitrogens is 4. The van der Waals surface area contributed by atoms with Crippen molar-refractivity contribution in [2.24, 2.45) is 5.73 Å². The fraction of sp³-hybridized carbons (Fsp3) is 0.560. The second-order valence-corrected chi connectivity index (χ2v) is 10.6. The van der Waals surface area contributed by atoms with Gasteiger partial charge < -0.3 is 26.3 Å². The zero-order valence-corrected chi connectivity index (χ0v) is 25.1. The van der Waals surface area contributed by atoms with E-state index in [-0.39, 0.29) is 37.2 Å². The summed E-state index contributed by atoms with van der Waals surface area (Å²) in [5.74, 6) is 1.46. The number of hydrogen-bond acceptors (Lipinski definition) is 7. The highest BCUT2D eigenvalue weighted by atomic mass is 35.5. The van der Waals surface area contributed by atoms with Crippen LogP contribution in [0.4, 0.5) is 17.5 Å². The van der Waals surface area contributed by atoms with Gasteiger partial charge in [-0.25, -0.2) is 4.98 Å². The van der Waals surface area contributed by atoms with Crippen molar-refractivity contribution in [2.75, 3.05) is 29.0 Å². The molecule has 5 N–H and O–H groups in total. The first-order valence-electron chi connectivity index (χ1n) is 12.8. The van der Waals surface area contributed by atoms with E-state index in [0.29, 0.717) is 34.1 Å². The summed E-state index contributed by atoms with van der Waals surface area (Å²) in [6.45, 7) is 1.55. The Bertz CT molecular complexity index is 1150. The topological polar surface area (TPSA) is 106 Å². The number of nitrogens with zero attached hydrogens (tertiary/aromatic N) is 4. The van der Waals surface area contributed by atoms with Gasteiger partial charge in [0.2, 0.25) is 5.95 Å². The average Bonchev–Trinajstić information content (AvgIpc) is 3.52. The zero-order valence-electron chi connectivity index (χ0n) is 21.2. The van der Waals surface area contributed by atoms with Gasteiger partial charge in [-0.15, -0.1) is 37.2 Å². The molecule has 1 aromatic carbocycles. The number of hydrogen-bond donors (Lipinski definition) is 4. The van der Waals surface area contributed by atoms with Crippen molar-refractivity contribution in [1.29, 1.82) is 0 Å². The molecule has 0 aliphatic heterocycles. The largest absolute Gasteiger partial charge is 0.385 e. The Balaban J connectivity index is 0.00000169. The Kier molecular flexibility index (Phi) is 13.3. The fourth-order valence-corrected chi connectivity index (χ4v) is 5.43. The third-order valence-electron chi connectivity index (χ3n) is 7.14. The van der Waals surface area contributed by atoms with Crippen LogP contribution in [-0.2, 0) is 0 Å². The lowest BCUT2D eigenvalue weighted by Gasteiger charge is -2.27. The number of rotatable bonds is 9. The summed E-state index contributed by atoms with van der Waals surface area (Å²) in [7, 11) is 0. The van der Waals surface area contributed by atoms with Crippen molar-refractivity contribution < 1.29 is 0 Å². The molecule has 0 atom stereocenters. The molecule has 0 amide bonds. The highest BCUT2D eigenvalue weighted by Crippen LogP contribution is 2.33. The van der Waals surface area contributed by atoms with E-state index in [0.717, 1.165) is 67.9 Å². The second-order valence-electron chi connectivity index (χ2n) is 9.75. The quantitative estimate of drug-likeness (QED) is 0.188. The normalized spacial score (nSPS) is 19.2. The number of halogens is 5. The molecule has 2 aliphatic rings. The maximum Gasteiger partial charge on any atom is 0.227 e. The Labute approximate surface area is 252 Å². The van der Waals surface area contributed by atoms with Gasteiger partial charge in [-0.2, -0.15) is 9.97 Å². The van der Waals surface area contributed by atoms with Crippen molar-refractivity contribution in [3.8, 4) is 0 Å². The van der Waals surface area contributed by atoms with Crippen LogP contribution in [0.25, 0.3) is 11.2 Å². The molecule has 0 saturated heterocycles. The summed E-state index contributed by atoms with van der Waals surface area (Å²) in [4.78, 5) is 14.5. The Hall–Kier alpha value is -1.42. The highest BCUT2D eigenvalue weighted by molar-refractivity contribution is 6.42. The van der Waals surface area contributed by atoms with Crippen LogP contribution in [0.1, 0.15) is 63.8 Å². The van der Waals surface area contributed by atoms with Crippen molar-refractivity contribution in [3.63, 3.8) is 0 Å². The first-order valence-corrected chi connectivity index (χ1v) is 13.5. The number of anilines is 3. The lowest BCUT2D eigenvalue weighted by Crippen LogP contribution is -2.33. The van der Waals surface area contributed by atoms with Crippen LogP contribution < -0.4 is 21.7 Å². The van der Waals surface area contributed by atoms with Gasteiger partial charge in [-0.05, 0) is 63.1 Å². The number of imidazole rings is 1. The monoisotopic (exact) mass is 624 g/mol. The smallest absolute Gasteiger partial charge is 0.227 e. The lowest BCUT2D eigenvalue weighted by molar-refractivity contribution is 0.410. The van der Waals surface area contributed by atoms with Crippen molar-refractivity contribution in [1.82, 2.24) is 19.5 Å². The van der Waals surface area contributed by atoms with E-state index in [9.17, 15) is 0 Å². The van der Waals surface area contributed by atoms with E-state index in [4.69, 9.17) is 43.9 Å². The minimum absolute atomic E-state index is 0. The van der Waals surface area contributed by atoms with Gasteiger partial charge in [0, 0.05) is 36.9 Å². The van der Waals surface area contributed by atoms with Gasteiger partial charge in [-0.3, -0.25) is 0 Å². The highest BCUT2D eigenvalue weighted by Gasteiger charge is 2.23. The summed E-state index contributed by atoms with van der Waals surface area (Å²) < 4.78 is 2.25. The van der Waals surface area contributed by atoms with E-state index < -0.39 is 0 Å². The van der Waals surface area contributed by atoms with Crippen LogP contribution in [0.3, 0.4) is 0 Å². The maximum absolute atomic E-state index is 6.11.